The normalized spacial score (nSPS) is 12.7. The summed E-state index contributed by atoms with van der Waals surface area (Å²) in [4.78, 5) is 29.0. The third-order valence-corrected chi connectivity index (χ3v) is 3.25. The van der Waals surface area contributed by atoms with Crippen molar-refractivity contribution in [3.8, 4) is 0 Å². The standard InChI is InChI=1S/C13H21N3O3/c1-8(12(17)18)11-9(2)14-13(19)16(10(11)3)7-6-15(4)5/h8H,6-7H2,1-5H3,(H,17,18). The molecule has 0 aliphatic carbocycles. The summed E-state index contributed by atoms with van der Waals surface area (Å²) in [7, 11) is 3.84. The molecule has 106 valence electrons. The predicted octanol–water partition coefficient (Wildman–Crippen LogP) is 0.610. The number of rotatable bonds is 5. The molecule has 0 saturated carbocycles. The lowest BCUT2D eigenvalue weighted by atomic mass is 9.98. The summed E-state index contributed by atoms with van der Waals surface area (Å²) in [5.74, 6) is -1.58. The van der Waals surface area contributed by atoms with Gasteiger partial charge in [0.15, 0.2) is 0 Å². The second-order valence-corrected chi connectivity index (χ2v) is 4.99. The molecule has 0 aliphatic heterocycles. The zero-order chi connectivity index (χ0) is 14.7. The Balaban J connectivity index is 3.30. The number of nitrogens with zero attached hydrogens (tertiary/aromatic N) is 3. The molecule has 0 spiro atoms. The molecule has 0 saturated heterocycles. The second-order valence-electron chi connectivity index (χ2n) is 4.99. The summed E-state index contributed by atoms with van der Waals surface area (Å²) in [6.45, 7) is 6.27. The summed E-state index contributed by atoms with van der Waals surface area (Å²) in [5, 5.41) is 9.14. The van der Waals surface area contributed by atoms with Crippen molar-refractivity contribution in [3.63, 3.8) is 0 Å². The number of carbonyl (C=O) groups is 1. The van der Waals surface area contributed by atoms with Gasteiger partial charge in [0.1, 0.15) is 0 Å². The highest BCUT2D eigenvalue weighted by Gasteiger charge is 2.22. The number of aliphatic carboxylic acids is 1. The van der Waals surface area contributed by atoms with E-state index in [1.807, 2.05) is 19.0 Å². The van der Waals surface area contributed by atoms with Crippen molar-refractivity contribution < 1.29 is 9.90 Å². The molecule has 1 heterocycles. The monoisotopic (exact) mass is 267 g/mol. The largest absolute Gasteiger partial charge is 0.481 e. The van der Waals surface area contributed by atoms with Gasteiger partial charge in [0.05, 0.1) is 5.92 Å². The Labute approximate surface area is 112 Å². The van der Waals surface area contributed by atoms with Crippen LogP contribution < -0.4 is 5.69 Å². The maximum atomic E-state index is 11.9. The van der Waals surface area contributed by atoms with E-state index in [1.54, 1.807) is 25.3 Å². The van der Waals surface area contributed by atoms with Crippen LogP contribution in [-0.4, -0.2) is 46.2 Å². The number of aromatic nitrogens is 2. The fraction of sp³-hybridized carbons (Fsp3) is 0.615. The molecule has 1 aromatic heterocycles. The van der Waals surface area contributed by atoms with E-state index < -0.39 is 11.9 Å². The Hall–Kier alpha value is -1.69. The van der Waals surface area contributed by atoms with E-state index in [-0.39, 0.29) is 5.69 Å². The minimum Gasteiger partial charge on any atom is -0.481 e. The van der Waals surface area contributed by atoms with E-state index >= 15 is 0 Å². The molecule has 6 heteroatoms. The first kappa shape index (κ1) is 15.4. The Morgan fingerprint density at radius 2 is 2.00 bits per heavy atom. The first-order valence-electron chi connectivity index (χ1n) is 6.21. The Morgan fingerprint density at radius 1 is 1.42 bits per heavy atom. The number of likely N-dealkylation sites (N-methyl/N-ethyl adjacent to an activating group) is 1. The first-order chi connectivity index (χ1) is 8.75. The fourth-order valence-electron chi connectivity index (χ4n) is 2.13. The third kappa shape index (κ3) is 3.41. The van der Waals surface area contributed by atoms with Gasteiger partial charge >= 0.3 is 11.7 Å². The Kier molecular flexibility index (Phi) is 4.83. The quantitative estimate of drug-likeness (QED) is 0.846. The van der Waals surface area contributed by atoms with Gasteiger partial charge in [0, 0.05) is 30.0 Å². The molecule has 1 aromatic rings. The molecule has 1 N–H and O–H groups in total. The smallest absolute Gasteiger partial charge is 0.348 e. The molecule has 19 heavy (non-hydrogen) atoms. The van der Waals surface area contributed by atoms with Gasteiger partial charge in [-0.3, -0.25) is 9.36 Å². The third-order valence-electron chi connectivity index (χ3n) is 3.25. The van der Waals surface area contributed by atoms with Gasteiger partial charge in [0.25, 0.3) is 0 Å². The van der Waals surface area contributed by atoms with Gasteiger partial charge in [-0.25, -0.2) is 4.79 Å². The van der Waals surface area contributed by atoms with Crippen molar-refractivity contribution in [2.24, 2.45) is 0 Å². The van der Waals surface area contributed by atoms with Crippen LogP contribution in [0.15, 0.2) is 4.79 Å². The van der Waals surface area contributed by atoms with Gasteiger partial charge in [-0.15, -0.1) is 0 Å². The van der Waals surface area contributed by atoms with Crippen LogP contribution in [0.1, 0.15) is 29.8 Å². The highest BCUT2D eigenvalue weighted by atomic mass is 16.4. The van der Waals surface area contributed by atoms with E-state index in [0.29, 0.717) is 30.0 Å². The lowest BCUT2D eigenvalue weighted by Crippen LogP contribution is -2.32. The van der Waals surface area contributed by atoms with E-state index in [0.717, 1.165) is 0 Å². The molecule has 1 rings (SSSR count). The molecule has 1 unspecified atom stereocenters. The Morgan fingerprint density at radius 3 is 2.47 bits per heavy atom. The average Bonchev–Trinajstić information content (AvgIpc) is 2.27. The minimum atomic E-state index is -0.911. The number of aryl methyl sites for hydroxylation is 1. The van der Waals surface area contributed by atoms with Crippen LogP contribution in [0.25, 0.3) is 0 Å². The van der Waals surface area contributed by atoms with Crippen molar-refractivity contribution in [1.29, 1.82) is 0 Å². The molecule has 0 radical (unpaired) electrons. The predicted molar refractivity (Wildman–Crippen MR) is 72.6 cm³/mol. The van der Waals surface area contributed by atoms with Gasteiger partial charge in [-0.2, -0.15) is 4.98 Å². The van der Waals surface area contributed by atoms with Crippen molar-refractivity contribution in [2.45, 2.75) is 33.2 Å². The van der Waals surface area contributed by atoms with Crippen LogP contribution >= 0.6 is 0 Å². The molecule has 0 fully saturated rings. The summed E-state index contributed by atoms with van der Waals surface area (Å²) in [6.07, 6.45) is 0. The lowest BCUT2D eigenvalue weighted by Gasteiger charge is -2.19. The molecule has 6 nitrogen and oxygen atoms in total. The minimum absolute atomic E-state index is 0.321. The van der Waals surface area contributed by atoms with E-state index in [9.17, 15) is 9.59 Å². The van der Waals surface area contributed by atoms with Crippen LogP contribution in [0, 0.1) is 13.8 Å². The molecule has 1 atom stereocenters. The van der Waals surface area contributed by atoms with Crippen molar-refractivity contribution in [3.05, 3.63) is 27.4 Å². The zero-order valence-electron chi connectivity index (χ0n) is 12.1. The highest BCUT2D eigenvalue weighted by molar-refractivity contribution is 5.76. The number of carboxylic acids is 1. The van der Waals surface area contributed by atoms with Crippen molar-refractivity contribution in [1.82, 2.24) is 14.5 Å². The highest BCUT2D eigenvalue weighted by Crippen LogP contribution is 2.21. The molecular weight excluding hydrogens is 246 g/mol. The van der Waals surface area contributed by atoms with Gasteiger partial charge < -0.3 is 10.0 Å². The molecule has 0 aromatic carbocycles. The Bertz CT molecular complexity index is 535. The summed E-state index contributed by atoms with van der Waals surface area (Å²) in [6, 6.07) is 0. The fourth-order valence-corrected chi connectivity index (χ4v) is 2.13. The zero-order valence-corrected chi connectivity index (χ0v) is 12.1. The van der Waals surface area contributed by atoms with Gasteiger partial charge in [-0.05, 0) is 34.9 Å². The summed E-state index contributed by atoms with van der Waals surface area (Å²) >= 11 is 0. The van der Waals surface area contributed by atoms with Crippen molar-refractivity contribution >= 4 is 5.97 Å². The second kappa shape index (κ2) is 5.97. The van der Waals surface area contributed by atoms with Crippen LogP contribution in [-0.2, 0) is 11.3 Å². The number of hydrogen-bond donors (Lipinski definition) is 1. The van der Waals surface area contributed by atoms with Gasteiger partial charge in [-0.1, -0.05) is 0 Å². The summed E-state index contributed by atoms with van der Waals surface area (Å²) < 4.78 is 1.54. The first-order valence-corrected chi connectivity index (χ1v) is 6.21. The van der Waals surface area contributed by atoms with Crippen molar-refractivity contribution in [2.75, 3.05) is 20.6 Å². The number of carboxylic acid groups (broad SMARTS) is 1. The molecule has 0 amide bonds. The van der Waals surface area contributed by atoms with Crippen LogP contribution in [0.4, 0.5) is 0 Å². The summed E-state index contributed by atoms with van der Waals surface area (Å²) in [5.41, 5.74) is 1.50. The average molecular weight is 267 g/mol. The van der Waals surface area contributed by atoms with Crippen LogP contribution in [0.3, 0.4) is 0 Å². The molecule has 0 aliphatic rings. The topological polar surface area (TPSA) is 75.4 Å². The SMILES string of the molecule is Cc1nc(=O)n(CCN(C)C)c(C)c1C(C)C(=O)O. The van der Waals surface area contributed by atoms with E-state index in [2.05, 4.69) is 4.98 Å². The molecule has 0 bridgehead atoms. The molecular formula is C13H21N3O3. The maximum Gasteiger partial charge on any atom is 0.348 e. The van der Waals surface area contributed by atoms with Gasteiger partial charge in [0.2, 0.25) is 0 Å². The number of hydrogen-bond acceptors (Lipinski definition) is 4. The van der Waals surface area contributed by atoms with E-state index in [4.69, 9.17) is 5.11 Å². The lowest BCUT2D eigenvalue weighted by molar-refractivity contribution is -0.138. The van der Waals surface area contributed by atoms with Crippen LogP contribution in [0.2, 0.25) is 0 Å². The van der Waals surface area contributed by atoms with E-state index in [1.165, 1.54) is 0 Å². The maximum absolute atomic E-state index is 11.9. The van der Waals surface area contributed by atoms with Crippen LogP contribution in [0.5, 0.6) is 0 Å².